The highest BCUT2D eigenvalue weighted by molar-refractivity contribution is 5.71. The number of carbonyl (C=O) groups is 3. The maximum Gasteiger partial charge on any atom is 0.306 e. The Bertz CT molecular complexity index is 1310. The van der Waals surface area contributed by atoms with Crippen LogP contribution in [0.2, 0.25) is 0 Å². The molecule has 0 N–H and O–H groups in total. The predicted molar refractivity (Wildman–Crippen MR) is 353 cm³/mol. The molecule has 0 aromatic carbocycles. The van der Waals surface area contributed by atoms with Gasteiger partial charge in [-0.3, -0.25) is 14.4 Å². The summed E-state index contributed by atoms with van der Waals surface area (Å²) in [5.41, 5.74) is 0. The first kappa shape index (κ1) is 78.9. The van der Waals surface area contributed by atoms with Crippen LogP contribution in [0.1, 0.15) is 419 Å². The second-order valence-corrected chi connectivity index (χ2v) is 25.2. The van der Waals surface area contributed by atoms with Gasteiger partial charge in [0.1, 0.15) is 13.2 Å². The molecule has 1 atom stereocenters. The van der Waals surface area contributed by atoms with Gasteiger partial charge in [0.25, 0.3) is 0 Å². The second kappa shape index (κ2) is 70.4. The SMILES string of the molecule is CCCCCCC/C=C\C/C=C\CCCCCCCCCCCCCCCCCCCCCCCCCC(=O)OCC(COC(=O)CCCCCCCCCCC)OC(=O)CCCCCCCCCCCCCCCCCCCCC. The summed E-state index contributed by atoms with van der Waals surface area (Å²) in [6, 6.07) is 0. The van der Waals surface area contributed by atoms with Crippen molar-refractivity contribution >= 4 is 17.9 Å². The molecule has 0 spiro atoms. The van der Waals surface area contributed by atoms with Gasteiger partial charge >= 0.3 is 17.9 Å². The summed E-state index contributed by atoms with van der Waals surface area (Å²) in [6.45, 7) is 6.69. The Morgan fingerprint density at radius 3 is 0.679 bits per heavy atom. The first-order chi connectivity index (χ1) is 40.0. The van der Waals surface area contributed by atoms with Crippen molar-refractivity contribution < 1.29 is 28.6 Å². The molecule has 0 fully saturated rings. The lowest BCUT2D eigenvalue weighted by molar-refractivity contribution is -0.167. The van der Waals surface area contributed by atoms with Gasteiger partial charge in [0, 0.05) is 19.3 Å². The van der Waals surface area contributed by atoms with Gasteiger partial charge in [-0.25, -0.2) is 0 Å². The number of unbranched alkanes of at least 4 members (excludes halogenated alkanes) is 54. The van der Waals surface area contributed by atoms with Crippen LogP contribution in [0.3, 0.4) is 0 Å². The molecule has 0 aliphatic rings. The summed E-state index contributed by atoms with van der Waals surface area (Å²) in [6.07, 6.45) is 86.8. The molecule has 0 bridgehead atoms. The van der Waals surface area contributed by atoms with Crippen LogP contribution in [-0.4, -0.2) is 37.2 Å². The van der Waals surface area contributed by atoms with E-state index in [1.807, 2.05) is 0 Å². The van der Waals surface area contributed by atoms with Crippen LogP contribution in [-0.2, 0) is 28.6 Å². The smallest absolute Gasteiger partial charge is 0.306 e. The molecule has 0 saturated heterocycles. The van der Waals surface area contributed by atoms with Crippen molar-refractivity contribution in [3.8, 4) is 0 Å². The second-order valence-electron chi connectivity index (χ2n) is 25.2. The highest BCUT2D eigenvalue weighted by atomic mass is 16.6. The monoisotopic (exact) mass is 1140 g/mol. The number of rotatable bonds is 69. The standard InChI is InChI=1S/C75H142O6/c1-4-7-10-13-16-19-21-23-25-27-29-30-31-32-33-34-35-36-37-38-39-40-41-42-43-44-46-47-49-51-53-56-59-62-65-68-74(77)80-71-72(70-79-73(76)67-64-61-58-55-18-15-12-9-6-3)81-75(78)69-66-63-60-57-54-52-50-48-45-28-26-24-22-20-17-14-11-8-5-2/h21,23,27,29,72H,4-20,22,24-26,28,30-71H2,1-3H3/b23-21-,29-27-. The minimum absolute atomic E-state index is 0.0628. The van der Waals surface area contributed by atoms with Crippen LogP contribution in [0.5, 0.6) is 0 Å². The summed E-state index contributed by atoms with van der Waals surface area (Å²) < 4.78 is 16.9. The third kappa shape index (κ3) is 68.6. The molecule has 0 amide bonds. The third-order valence-electron chi connectivity index (χ3n) is 17.0. The van der Waals surface area contributed by atoms with Crippen LogP contribution >= 0.6 is 0 Å². The van der Waals surface area contributed by atoms with Gasteiger partial charge in [-0.15, -0.1) is 0 Å². The zero-order valence-corrected chi connectivity index (χ0v) is 55.1. The van der Waals surface area contributed by atoms with E-state index in [4.69, 9.17) is 14.2 Å². The van der Waals surface area contributed by atoms with E-state index in [0.717, 1.165) is 64.2 Å². The van der Waals surface area contributed by atoms with E-state index >= 15 is 0 Å². The lowest BCUT2D eigenvalue weighted by atomic mass is 10.0. The van der Waals surface area contributed by atoms with Crippen LogP contribution < -0.4 is 0 Å². The topological polar surface area (TPSA) is 78.9 Å². The fraction of sp³-hybridized carbons (Fsp3) is 0.907. The van der Waals surface area contributed by atoms with Crippen LogP contribution in [0.4, 0.5) is 0 Å². The summed E-state index contributed by atoms with van der Waals surface area (Å²) in [7, 11) is 0. The molecule has 0 aliphatic heterocycles. The van der Waals surface area contributed by atoms with E-state index in [9.17, 15) is 14.4 Å². The molecule has 0 aliphatic carbocycles. The Hall–Kier alpha value is -2.11. The third-order valence-corrected chi connectivity index (χ3v) is 17.0. The fourth-order valence-corrected chi connectivity index (χ4v) is 11.4. The van der Waals surface area contributed by atoms with Crippen LogP contribution in [0.25, 0.3) is 0 Å². The molecule has 0 aromatic rings. The van der Waals surface area contributed by atoms with Crippen molar-refractivity contribution in [3.63, 3.8) is 0 Å². The quantitative estimate of drug-likeness (QED) is 0.0261. The van der Waals surface area contributed by atoms with Gasteiger partial charge in [-0.1, -0.05) is 373 Å². The molecule has 81 heavy (non-hydrogen) atoms. The van der Waals surface area contributed by atoms with E-state index in [-0.39, 0.29) is 31.1 Å². The Morgan fingerprint density at radius 2 is 0.444 bits per heavy atom. The Labute approximate surface area is 506 Å². The van der Waals surface area contributed by atoms with E-state index in [1.54, 1.807) is 0 Å². The number of carbonyl (C=O) groups excluding carboxylic acids is 3. The molecule has 1 unspecified atom stereocenters. The Balaban J connectivity index is 3.98. The van der Waals surface area contributed by atoms with E-state index in [0.29, 0.717) is 19.3 Å². The van der Waals surface area contributed by atoms with E-state index < -0.39 is 6.10 Å². The molecular weight excluding hydrogens is 997 g/mol. The van der Waals surface area contributed by atoms with Gasteiger partial charge in [-0.05, 0) is 51.4 Å². The Kier molecular flexibility index (Phi) is 68.5. The maximum absolute atomic E-state index is 12.9. The van der Waals surface area contributed by atoms with Crippen molar-refractivity contribution in [1.29, 1.82) is 0 Å². The molecule has 0 aromatic heterocycles. The number of hydrogen-bond donors (Lipinski definition) is 0. The van der Waals surface area contributed by atoms with Crippen molar-refractivity contribution in [3.05, 3.63) is 24.3 Å². The highest BCUT2D eigenvalue weighted by Gasteiger charge is 2.20. The van der Waals surface area contributed by atoms with Gasteiger partial charge in [0.15, 0.2) is 6.10 Å². The summed E-state index contributed by atoms with van der Waals surface area (Å²) in [5.74, 6) is -0.832. The normalized spacial score (nSPS) is 12.1. The molecule has 478 valence electrons. The highest BCUT2D eigenvalue weighted by Crippen LogP contribution is 2.19. The first-order valence-electron chi connectivity index (χ1n) is 36.8. The van der Waals surface area contributed by atoms with Crippen LogP contribution in [0, 0.1) is 0 Å². The summed E-state index contributed by atoms with van der Waals surface area (Å²) >= 11 is 0. The van der Waals surface area contributed by atoms with Crippen molar-refractivity contribution in [1.82, 2.24) is 0 Å². The lowest BCUT2D eigenvalue weighted by Gasteiger charge is -2.18. The molecule has 6 nitrogen and oxygen atoms in total. The molecule has 0 radical (unpaired) electrons. The number of esters is 3. The number of hydrogen-bond acceptors (Lipinski definition) is 6. The predicted octanol–water partition coefficient (Wildman–Crippen LogP) is 25.3. The van der Waals surface area contributed by atoms with E-state index in [2.05, 4.69) is 45.1 Å². The molecular formula is C75H142O6. The van der Waals surface area contributed by atoms with Crippen molar-refractivity contribution in [2.24, 2.45) is 0 Å². The summed E-state index contributed by atoms with van der Waals surface area (Å²) in [5, 5.41) is 0. The summed E-state index contributed by atoms with van der Waals surface area (Å²) in [4.78, 5) is 38.3. The van der Waals surface area contributed by atoms with E-state index in [1.165, 1.54) is 315 Å². The maximum atomic E-state index is 12.9. The lowest BCUT2D eigenvalue weighted by Crippen LogP contribution is -2.30. The molecule has 0 saturated carbocycles. The number of ether oxygens (including phenoxy) is 3. The average molecular weight is 1140 g/mol. The average Bonchev–Trinajstić information content (AvgIpc) is 3.47. The first-order valence-corrected chi connectivity index (χ1v) is 36.8. The van der Waals surface area contributed by atoms with Crippen molar-refractivity contribution in [2.75, 3.05) is 13.2 Å². The minimum Gasteiger partial charge on any atom is -0.462 e. The van der Waals surface area contributed by atoms with Crippen molar-refractivity contribution in [2.45, 2.75) is 425 Å². The van der Waals surface area contributed by atoms with Gasteiger partial charge in [0.05, 0.1) is 0 Å². The Morgan fingerprint density at radius 1 is 0.247 bits per heavy atom. The molecule has 0 rings (SSSR count). The number of allylic oxidation sites excluding steroid dienone is 4. The van der Waals surface area contributed by atoms with Gasteiger partial charge in [0.2, 0.25) is 0 Å². The van der Waals surface area contributed by atoms with Gasteiger partial charge in [-0.2, -0.15) is 0 Å². The zero-order chi connectivity index (χ0) is 58.5. The largest absolute Gasteiger partial charge is 0.462 e. The zero-order valence-electron chi connectivity index (χ0n) is 55.1. The fourth-order valence-electron chi connectivity index (χ4n) is 11.4. The van der Waals surface area contributed by atoms with Gasteiger partial charge < -0.3 is 14.2 Å². The minimum atomic E-state index is -0.764. The molecule has 6 heteroatoms. The van der Waals surface area contributed by atoms with Crippen LogP contribution in [0.15, 0.2) is 24.3 Å². The molecule has 0 heterocycles.